The highest BCUT2D eigenvalue weighted by Crippen LogP contribution is 2.19. The first-order valence-electron chi connectivity index (χ1n) is 7.08. The van der Waals surface area contributed by atoms with Crippen molar-refractivity contribution in [1.29, 1.82) is 0 Å². The molecule has 9 heteroatoms. The molecule has 0 saturated heterocycles. The normalized spacial score (nSPS) is 12.7. The Kier molecular flexibility index (Phi) is 6.20. The quantitative estimate of drug-likeness (QED) is 0.556. The highest BCUT2D eigenvalue weighted by atomic mass is 32.2. The summed E-state index contributed by atoms with van der Waals surface area (Å²) >= 11 is 0. The van der Waals surface area contributed by atoms with Gasteiger partial charge >= 0.3 is 0 Å². The fourth-order valence-electron chi connectivity index (χ4n) is 2.18. The third-order valence-electron chi connectivity index (χ3n) is 3.46. The Bertz CT molecular complexity index is 705. The highest BCUT2D eigenvalue weighted by molar-refractivity contribution is 7.91. The van der Waals surface area contributed by atoms with E-state index in [1.54, 1.807) is 13.8 Å². The van der Waals surface area contributed by atoms with Crippen LogP contribution in [0.2, 0.25) is 0 Å². The number of hydrogen-bond acceptors (Lipinski definition) is 5. The summed E-state index contributed by atoms with van der Waals surface area (Å²) in [5, 5.41) is 10.6. The number of benzene rings is 1. The molecule has 0 bridgehead atoms. The summed E-state index contributed by atoms with van der Waals surface area (Å²) in [4.78, 5) is 23.5. The molecule has 0 aliphatic carbocycles. The van der Waals surface area contributed by atoms with Crippen LogP contribution in [0.3, 0.4) is 0 Å². The minimum Gasteiger partial charge on any atom is -0.335 e. The highest BCUT2D eigenvalue weighted by Gasteiger charge is 2.26. The SMILES string of the molecule is CCN(C(=O)c1ccc([N+](=O)[O-])cc1F)[C@H](C)CS(=O)(=O)CC. The summed E-state index contributed by atoms with van der Waals surface area (Å²) in [6.07, 6.45) is 0. The van der Waals surface area contributed by atoms with Crippen molar-refractivity contribution in [1.82, 2.24) is 4.90 Å². The first-order valence-corrected chi connectivity index (χ1v) is 8.90. The number of nitro groups is 1. The molecule has 0 aliphatic rings. The fourth-order valence-corrected chi connectivity index (χ4v) is 3.33. The largest absolute Gasteiger partial charge is 0.335 e. The number of nitrogens with zero attached hydrogens (tertiary/aromatic N) is 2. The van der Waals surface area contributed by atoms with Gasteiger partial charge in [0.15, 0.2) is 9.84 Å². The van der Waals surface area contributed by atoms with E-state index in [4.69, 9.17) is 0 Å². The number of halogens is 1. The number of hydrogen-bond donors (Lipinski definition) is 0. The summed E-state index contributed by atoms with van der Waals surface area (Å²) in [6.45, 7) is 4.92. The van der Waals surface area contributed by atoms with Crippen LogP contribution in [-0.2, 0) is 9.84 Å². The van der Waals surface area contributed by atoms with Crippen molar-refractivity contribution < 1.29 is 22.5 Å². The Hall–Kier alpha value is -2.03. The van der Waals surface area contributed by atoms with Gasteiger partial charge in [0.1, 0.15) is 5.82 Å². The average molecular weight is 346 g/mol. The Morgan fingerprint density at radius 3 is 2.43 bits per heavy atom. The van der Waals surface area contributed by atoms with E-state index in [9.17, 15) is 27.7 Å². The third kappa shape index (κ3) is 4.72. The lowest BCUT2D eigenvalue weighted by Gasteiger charge is -2.28. The molecule has 1 aromatic carbocycles. The van der Waals surface area contributed by atoms with Gasteiger partial charge in [-0.2, -0.15) is 0 Å². The summed E-state index contributed by atoms with van der Waals surface area (Å²) in [5.41, 5.74) is -0.776. The van der Waals surface area contributed by atoms with Gasteiger partial charge in [0, 0.05) is 24.4 Å². The van der Waals surface area contributed by atoms with E-state index in [0.29, 0.717) is 6.07 Å². The lowest BCUT2D eigenvalue weighted by Crippen LogP contribution is -2.42. The molecule has 0 saturated carbocycles. The molecular formula is C14H19FN2O5S. The number of non-ortho nitro benzene ring substituents is 1. The van der Waals surface area contributed by atoms with Crippen LogP contribution in [0.5, 0.6) is 0 Å². The van der Waals surface area contributed by atoms with Crippen molar-refractivity contribution >= 4 is 21.4 Å². The van der Waals surface area contributed by atoms with Crippen LogP contribution in [0.4, 0.5) is 10.1 Å². The third-order valence-corrected chi connectivity index (χ3v) is 5.33. The second-order valence-corrected chi connectivity index (χ2v) is 7.46. The number of sulfone groups is 1. The molecule has 0 heterocycles. The summed E-state index contributed by atoms with van der Waals surface area (Å²) in [6, 6.07) is 2.12. The maximum atomic E-state index is 14.0. The van der Waals surface area contributed by atoms with E-state index in [1.165, 1.54) is 11.8 Å². The first kappa shape index (κ1) is 19.0. The lowest BCUT2D eigenvalue weighted by atomic mass is 10.1. The van der Waals surface area contributed by atoms with E-state index in [1.807, 2.05) is 0 Å². The molecule has 23 heavy (non-hydrogen) atoms. The van der Waals surface area contributed by atoms with Gasteiger partial charge < -0.3 is 4.90 Å². The van der Waals surface area contributed by atoms with Gasteiger partial charge in [0.2, 0.25) is 0 Å². The molecule has 128 valence electrons. The predicted octanol–water partition coefficient (Wildman–Crippen LogP) is 2.02. The molecule has 1 atom stereocenters. The van der Waals surface area contributed by atoms with Crippen LogP contribution < -0.4 is 0 Å². The van der Waals surface area contributed by atoms with E-state index < -0.39 is 38.2 Å². The zero-order valence-corrected chi connectivity index (χ0v) is 14.0. The van der Waals surface area contributed by atoms with Crippen molar-refractivity contribution in [2.24, 2.45) is 0 Å². The van der Waals surface area contributed by atoms with Crippen LogP contribution in [0.15, 0.2) is 18.2 Å². The Balaban J connectivity index is 3.07. The van der Waals surface area contributed by atoms with Gasteiger partial charge in [-0.1, -0.05) is 6.92 Å². The fraction of sp³-hybridized carbons (Fsp3) is 0.500. The van der Waals surface area contributed by atoms with Gasteiger partial charge in [-0.25, -0.2) is 12.8 Å². The molecule has 0 aliphatic heterocycles. The zero-order chi connectivity index (χ0) is 17.8. The zero-order valence-electron chi connectivity index (χ0n) is 13.2. The van der Waals surface area contributed by atoms with E-state index in [0.717, 1.165) is 12.1 Å². The number of rotatable bonds is 7. The molecule has 0 spiro atoms. The Morgan fingerprint density at radius 2 is 2.00 bits per heavy atom. The van der Waals surface area contributed by atoms with Crippen LogP contribution in [-0.4, -0.2) is 48.2 Å². The van der Waals surface area contributed by atoms with Crippen molar-refractivity contribution in [3.05, 3.63) is 39.7 Å². The molecule has 1 rings (SSSR count). The molecule has 0 N–H and O–H groups in total. The van der Waals surface area contributed by atoms with Crippen LogP contribution >= 0.6 is 0 Å². The number of carbonyl (C=O) groups excluding carboxylic acids is 1. The lowest BCUT2D eigenvalue weighted by molar-refractivity contribution is -0.385. The maximum Gasteiger partial charge on any atom is 0.272 e. The molecule has 0 fully saturated rings. The Labute approximate surface area is 134 Å². The van der Waals surface area contributed by atoms with Gasteiger partial charge in [-0.05, 0) is 19.9 Å². The molecule has 1 aromatic rings. The standard InChI is InChI=1S/C14H19FN2O5S/c1-4-16(10(3)9-23(21,22)5-2)14(18)12-7-6-11(17(19)20)8-13(12)15/h6-8,10H,4-5,9H2,1-3H3/t10-/m1/s1. The predicted molar refractivity (Wildman–Crippen MR) is 83.6 cm³/mol. The second kappa shape index (κ2) is 7.49. The number of carbonyl (C=O) groups is 1. The van der Waals surface area contributed by atoms with Crippen molar-refractivity contribution in [3.63, 3.8) is 0 Å². The smallest absolute Gasteiger partial charge is 0.272 e. The van der Waals surface area contributed by atoms with Gasteiger partial charge in [0.25, 0.3) is 11.6 Å². The minimum absolute atomic E-state index is 0.0466. The van der Waals surface area contributed by atoms with Crippen molar-refractivity contribution in [2.45, 2.75) is 26.8 Å². The van der Waals surface area contributed by atoms with Crippen molar-refractivity contribution in [2.75, 3.05) is 18.1 Å². The maximum absolute atomic E-state index is 14.0. The summed E-state index contributed by atoms with van der Waals surface area (Å²) in [5.74, 6) is -1.97. The van der Waals surface area contributed by atoms with E-state index in [2.05, 4.69) is 0 Å². The molecule has 0 unspecified atom stereocenters. The molecule has 7 nitrogen and oxygen atoms in total. The molecular weight excluding hydrogens is 327 g/mol. The molecule has 0 radical (unpaired) electrons. The van der Waals surface area contributed by atoms with E-state index >= 15 is 0 Å². The van der Waals surface area contributed by atoms with E-state index in [-0.39, 0.29) is 23.6 Å². The second-order valence-electron chi connectivity index (χ2n) is 5.06. The van der Waals surface area contributed by atoms with Crippen molar-refractivity contribution in [3.8, 4) is 0 Å². The Morgan fingerprint density at radius 1 is 1.39 bits per heavy atom. The topological polar surface area (TPSA) is 97.6 Å². The number of amides is 1. The average Bonchev–Trinajstić information content (AvgIpc) is 2.47. The van der Waals surface area contributed by atoms with Gasteiger partial charge in [-0.15, -0.1) is 0 Å². The molecule has 0 aromatic heterocycles. The summed E-state index contributed by atoms with van der Waals surface area (Å²) < 4.78 is 37.3. The number of nitro benzene ring substituents is 1. The first-order chi connectivity index (χ1) is 10.6. The van der Waals surface area contributed by atoms with Crippen LogP contribution in [0.25, 0.3) is 0 Å². The van der Waals surface area contributed by atoms with Gasteiger partial charge in [-0.3, -0.25) is 14.9 Å². The monoisotopic (exact) mass is 346 g/mol. The minimum atomic E-state index is -3.29. The summed E-state index contributed by atoms with van der Waals surface area (Å²) in [7, 11) is -3.29. The molecule has 1 amide bonds. The van der Waals surface area contributed by atoms with Gasteiger partial charge in [0.05, 0.1) is 22.3 Å². The van der Waals surface area contributed by atoms with Crippen LogP contribution in [0.1, 0.15) is 31.1 Å². The van der Waals surface area contributed by atoms with Crippen LogP contribution in [0, 0.1) is 15.9 Å².